The molecule has 0 bridgehead atoms. The summed E-state index contributed by atoms with van der Waals surface area (Å²) >= 11 is 0. The van der Waals surface area contributed by atoms with Crippen molar-refractivity contribution in [2.45, 2.75) is 38.3 Å². The van der Waals surface area contributed by atoms with Crippen molar-refractivity contribution in [1.82, 2.24) is 0 Å². The third kappa shape index (κ3) is 6.50. The maximum Gasteiger partial charge on any atom is 0.338 e. The number of rotatable bonds is 8. The summed E-state index contributed by atoms with van der Waals surface area (Å²) in [4.78, 5) is 21.4. The van der Waals surface area contributed by atoms with Crippen molar-refractivity contribution in [1.29, 1.82) is 0 Å². The Morgan fingerprint density at radius 2 is 1.61 bits per heavy atom. The van der Waals surface area contributed by atoms with E-state index in [1.165, 1.54) is 6.92 Å². The Morgan fingerprint density at radius 3 is 2.06 bits per heavy atom. The fourth-order valence-electron chi connectivity index (χ4n) is 0.900. The Labute approximate surface area is 104 Å². The molecule has 0 radical (unpaired) electrons. The monoisotopic (exact) mass is 266 g/mol. The number of carboxylic acids is 1. The first-order chi connectivity index (χ1) is 8.25. The van der Waals surface area contributed by atoms with Gasteiger partial charge in [-0.2, -0.15) is 0 Å². The minimum absolute atomic E-state index is 0.0546. The molecule has 0 rings (SSSR count). The van der Waals surface area contributed by atoms with E-state index >= 15 is 0 Å². The number of aliphatic carboxylic acids is 1. The van der Waals surface area contributed by atoms with Gasteiger partial charge in [-0.1, -0.05) is 0 Å². The van der Waals surface area contributed by atoms with E-state index in [4.69, 9.17) is 25.2 Å². The highest BCUT2D eigenvalue weighted by Crippen LogP contribution is 2.00. The van der Waals surface area contributed by atoms with E-state index in [-0.39, 0.29) is 13.2 Å². The van der Waals surface area contributed by atoms with E-state index in [1.54, 1.807) is 6.92 Å². The lowest BCUT2D eigenvalue weighted by Crippen LogP contribution is -2.41. The topological polar surface area (TPSA) is 134 Å². The Bertz CT molecular complexity index is 277. The summed E-state index contributed by atoms with van der Waals surface area (Å²) in [5.41, 5.74) is 0. The molecule has 0 saturated carbocycles. The zero-order valence-electron chi connectivity index (χ0n) is 10.1. The zero-order valence-corrected chi connectivity index (χ0v) is 10.1. The van der Waals surface area contributed by atoms with Crippen molar-refractivity contribution in [3.8, 4) is 0 Å². The van der Waals surface area contributed by atoms with Crippen LogP contribution in [0.3, 0.4) is 0 Å². The molecule has 106 valence electrons. The first-order valence-electron chi connectivity index (χ1n) is 5.31. The molecule has 0 fully saturated rings. The number of carboxylic acid groups (broad SMARTS) is 1. The minimum atomic E-state index is -2.23. The molecule has 0 heterocycles. The van der Waals surface area contributed by atoms with Gasteiger partial charge in [0.05, 0.1) is 18.8 Å². The maximum atomic E-state index is 11.1. The van der Waals surface area contributed by atoms with Crippen LogP contribution in [0.25, 0.3) is 0 Å². The molecule has 8 nitrogen and oxygen atoms in total. The number of ether oxygens (including phenoxy) is 2. The van der Waals surface area contributed by atoms with Crippen LogP contribution in [0.2, 0.25) is 0 Å². The summed E-state index contributed by atoms with van der Waals surface area (Å²) in [6.45, 7) is 2.91. The molecular weight excluding hydrogens is 248 g/mol. The number of carbonyl (C=O) groups is 2. The summed E-state index contributed by atoms with van der Waals surface area (Å²) in [6.07, 6.45) is -5.57. The Hall–Kier alpha value is -1.22. The Kier molecular flexibility index (Phi) is 7.44. The van der Waals surface area contributed by atoms with Crippen molar-refractivity contribution in [3.63, 3.8) is 0 Å². The number of esters is 1. The number of hydrogen-bond acceptors (Lipinski definition) is 7. The Morgan fingerprint density at radius 1 is 1.06 bits per heavy atom. The maximum absolute atomic E-state index is 11.1. The number of aliphatic hydroxyl groups is 3. The van der Waals surface area contributed by atoms with E-state index in [0.717, 1.165) is 0 Å². The number of carbonyl (C=O) groups excluding carboxylic acids is 1. The molecule has 0 aromatic carbocycles. The van der Waals surface area contributed by atoms with Gasteiger partial charge in [0.25, 0.3) is 0 Å². The third-order valence-corrected chi connectivity index (χ3v) is 1.88. The summed E-state index contributed by atoms with van der Waals surface area (Å²) in [6, 6.07) is 0. The minimum Gasteiger partial charge on any atom is -0.479 e. The molecule has 0 aromatic rings. The highest BCUT2D eigenvalue weighted by Gasteiger charge is 2.31. The van der Waals surface area contributed by atoms with Crippen molar-refractivity contribution < 1.29 is 39.5 Å². The highest BCUT2D eigenvalue weighted by molar-refractivity contribution is 5.84. The summed E-state index contributed by atoms with van der Waals surface area (Å²) < 4.78 is 9.60. The van der Waals surface area contributed by atoms with Gasteiger partial charge in [-0.3, -0.25) is 0 Å². The quantitative estimate of drug-likeness (QED) is 0.375. The van der Waals surface area contributed by atoms with Crippen molar-refractivity contribution in [2.75, 3.05) is 13.2 Å². The van der Waals surface area contributed by atoms with Gasteiger partial charge in [0.1, 0.15) is 6.61 Å². The smallest absolute Gasteiger partial charge is 0.338 e. The highest BCUT2D eigenvalue weighted by atomic mass is 16.6. The van der Waals surface area contributed by atoms with Crippen LogP contribution in [-0.4, -0.2) is 70.0 Å². The van der Waals surface area contributed by atoms with Crippen LogP contribution in [0.1, 0.15) is 13.8 Å². The normalized spacial score (nSPS) is 17.6. The predicted molar refractivity (Wildman–Crippen MR) is 57.7 cm³/mol. The lowest BCUT2D eigenvalue weighted by atomic mass is 10.2. The van der Waals surface area contributed by atoms with Crippen molar-refractivity contribution in [2.24, 2.45) is 0 Å². The molecule has 4 N–H and O–H groups in total. The van der Waals surface area contributed by atoms with Crippen LogP contribution in [0.5, 0.6) is 0 Å². The summed E-state index contributed by atoms with van der Waals surface area (Å²) in [5, 5.41) is 35.3. The zero-order chi connectivity index (χ0) is 14.3. The molecule has 0 aliphatic heterocycles. The molecule has 0 amide bonds. The van der Waals surface area contributed by atoms with E-state index in [1.807, 2.05) is 0 Å². The van der Waals surface area contributed by atoms with Gasteiger partial charge in [0, 0.05) is 0 Å². The van der Waals surface area contributed by atoms with Crippen LogP contribution in [0, 0.1) is 0 Å². The van der Waals surface area contributed by atoms with E-state index < -0.39 is 36.4 Å². The molecule has 0 saturated heterocycles. The average molecular weight is 266 g/mol. The van der Waals surface area contributed by atoms with Crippen molar-refractivity contribution >= 4 is 11.9 Å². The molecule has 4 atom stereocenters. The van der Waals surface area contributed by atoms with E-state index in [0.29, 0.717) is 0 Å². The van der Waals surface area contributed by atoms with Crippen LogP contribution < -0.4 is 0 Å². The second kappa shape index (κ2) is 7.98. The SMILES string of the molecule is CC(O)COC(C)COC(=O)C(O)C(O)C(=O)O. The third-order valence-electron chi connectivity index (χ3n) is 1.88. The van der Waals surface area contributed by atoms with Crippen LogP contribution in [-0.2, 0) is 19.1 Å². The molecule has 8 heteroatoms. The van der Waals surface area contributed by atoms with Gasteiger partial charge >= 0.3 is 11.9 Å². The van der Waals surface area contributed by atoms with Gasteiger partial charge < -0.3 is 29.9 Å². The van der Waals surface area contributed by atoms with Gasteiger partial charge in [-0.05, 0) is 13.8 Å². The molecule has 0 aliphatic carbocycles. The molecule has 4 unspecified atom stereocenters. The van der Waals surface area contributed by atoms with Crippen molar-refractivity contribution in [3.05, 3.63) is 0 Å². The Balaban J connectivity index is 3.98. The fourth-order valence-corrected chi connectivity index (χ4v) is 0.900. The number of aliphatic hydroxyl groups excluding tert-OH is 3. The first-order valence-corrected chi connectivity index (χ1v) is 5.31. The summed E-state index contributed by atoms with van der Waals surface area (Å²) in [5.74, 6) is -2.98. The van der Waals surface area contributed by atoms with E-state index in [2.05, 4.69) is 4.74 Å². The van der Waals surface area contributed by atoms with Gasteiger partial charge in [-0.25, -0.2) is 9.59 Å². The lowest BCUT2D eigenvalue weighted by Gasteiger charge is -2.17. The number of hydrogen-bond donors (Lipinski definition) is 4. The van der Waals surface area contributed by atoms with Crippen LogP contribution >= 0.6 is 0 Å². The first kappa shape index (κ1) is 16.8. The lowest BCUT2D eigenvalue weighted by molar-refractivity contribution is -0.172. The standard InChI is InChI=1S/C10H18O8/c1-5(11)3-17-6(2)4-18-10(16)8(13)7(12)9(14)15/h5-8,11-13H,3-4H2,1-2H3,(H,14,15). The van der Waals surface area contributed by atoms with Crippen LogP contribution in [0.15, 0.2) is 0 Å². The second-order valence-corrected chi connectivity index (χ2v) is 3.85. The van der Waals surface area contributed by atoms with Gasteiger partial charge in [-0.15, -0.1) is 0 Å². The van der Waals surface area contributed by atoms with E-state index in [9.17, 15) is 9.59 Å². The second-order valence-electron chi connectivity index (χ2n) is 3.85. The molecular formula is C10H18O8. The average Bonchev–Trinajstić information content (AvgIpc) is 2.31. The molecule has 0 aliphatic rings. The van der Waals surface area contributed by atoms with Crippen LogP contribution in [0.4, 0.5) is 0 Å². The van der Waals surface area contributed by atoms with Gasteiger partial charge in [0.2, 0.25) is 0 Å². The summed E-state index contributed by atoms with van der Waals surface area (Å²) in [7, 11) is 0. The predicted octanol–water partition coefficient (Wildman–Crippen LogP) is -1.88. The molecule has 0 aromatic heterocycles. The molecule has 0 spiro atoms. The van der Waals surface area contributed by atoms with Gasteiger partial charge in [0.15, 0.2) is 12.2 Å². The fraction of sp³-hybridized carbons (Fsp3) is 0.800. The largest absolute Gasteiger partial charge is 0.479 e. The molecule has 18 heavy (non-hydrogen) atoms.